The van der Waals surface area contributed by atoms with E-state index in [1.165, 1.54) is 4.88 Å². The molecule has 7 heteroatoms. The van der Waals surface area contributed by atoms with Gasteiger partial charge in [0.05, 0.1) is 23.7 Å². The lowest BCUT2D eigenvalue weighted by atomic mass is 10.1. The molecule has 2 heterocycles. The number of carbonyl (C=O) groups excluding carboxylic acids is 1. The van der Waals surface area contributed by atoms with Crippen LogP contribution in [-0.4, -0.2) is 36.6 Å². The van der Waals surface area contributed by atoms with Crippen LogP contribution in [0.3, 0.4) is 0 Å². The van der Waals surface area contributed by atoms with Gasteiger partial charge in [-0.2, -0.15) is 0 Å². The molecule has 3 aromatic rings. The molecule has 1 N–H and O–H groups in total. The highest BCUT2D eigenvalue weighted by atomic mass is 32.1. The summed E-state index contributed by atoms with van der Waals surface area (Å²) in [4.78, 5) is 15.7. The fourth-order valence-corrected chi connectivity index (χ4v) is 3.97. The number of carbonyl (C=O) groups is 1. The molecule has 29 heavy (non-hydrogen) atoms. The number of aromatic nitrogens is 1. The quantitative estimate of drug-likeness (QED) is 0.576. The first-order chi connectivity index (χ1) is 13.9. The average molecular weight is 414 g/mol. The molecule has 1 atom stereocenters. The van der Waals surface area contributed by atoms with Crippen molar-refractivity contribution in [3.8, 4) is 5.75 Å². The Hall–Kier alpha value is -2.64. The summed E-state index contributed by atoms with van der Waals surface area (Å²) in [6.45, 7) is 4.77. The summed E-state index contributed by atoms with van der Waals surface area (Å²) in [6.07, 6.45) is 0.342. The lowest BCUT2D eigenvalue weighted by Crippen LogP contribution is -2.34. The zero-order chi connectivity index (χ0) is 20.8. The van der Waals surface area contributed by atoms with Gasteiger partial charge in [-0.25, -0.2) is 0 Å². The molecule has 1 aromatic carbocycles. The second-order valence-corrected chi connectivity index (χ2v) is 8.19. The van der Waals surface area contributed by atoms with Crippen molar-refractivity contribution in [3.05, 3.63) is 69.2 Å². The molecule has 0 aliphatic rings. The van der Waals surface area contributed by atoms with Crippen LogP contribution in [0.5, 0.6) is 5.75 Å². The highest BCUT2D eigenvalue weighted by Crippen LogP contribution is 2.22. The van der Waals surface area contributed by atoms with Gasteiger partial charge in [-0.1, -0.05) is 23.4 Å². The maximum Gasteiger partial charge on any atom is 0.224 e. The summed E-state index contributed by atoms with van der Waals surface area (Å²) in [5.74, 6) is 1.53. The molecule has 0 bridgehead atoms. The Morgan fingerprint density at radius 2 is 2.00 bits per heavy atom. The molecule has 0 unspecified atom stereocenters. The summed E-state index contributed by atoms with van der Waals surface area (Å²) in [5.41, 5.74) is 2.76. The highest BCUT2D eigenvalue weighted by molar-refractivity contribution is 7.10. The standard InChI is InChI=1S/C22H27N3O3S/c1-15-19(16(2)28-24-15)14-27-18-9-7-17(8-10-18)12-22(26)23-13-20(25(3)4)21-6-5-11-29-21/h5-11,20H,12-14H2,1-4H3,(H,23,26)/t20-/m1/s1. The van der Waals surface area contributed by atoms with Crippen molar-refractivity contribution >= 4 is 17.2 Å². The van der Waals surface area contributed by atoms with Crippen molar-refractivity contribution in [1.82, 2.24) is 15.4 Å². The molecule has 0 saturated heterocycles. The fraction of sp³-hybridized carbons (Fsp3) is 0.364. The first kappa shape index (κ1) is 21.1. The monoisotopic (exact) mass is 413 g/mol. The first-order valence-electron chi connectivity index (χ1n) is 9.54. The van der Waals surface area contributed by atoms with Crippen molar-refractivity contribution in [3.63, 3.8) is 0 Å². The number of nitrogens with one attached hydrogen (secondary N) is 1. The summed E-state index contributed by atoms with van der Waals surface area (Å²) in [5, 5.41) is 9.04. The zero-order valence-electron chi connectivity index (χ0n) is 17.3. The predicted octanol–water partition coefficient (Wildman–Crippen LogP) is 3.89. The van der Waals surface area contributed by atoms with Crippen LogP contribution in [0, 0.1) is 13.8 Å². The summed E-state index contributed by atoms with van der Waals surface area (Å²) >= 11 is 1.71. The molecule has 0 radical (unpaired) electrons. The number of thiophene rings is 1. The molecular formula is C22H27N3O3S. The Bertz CT molecular complexity index is 898. The number of aryl methyl sites for hydroxylation is 2. The van der Waals surface area contributed by atoms with Crippen molar-refractivity contribution in [2.45, 2.75) is 32.9 Å². The van der Waals surface area contributed by atoms with E-state index in [0.29, 0.717) is 19.6 Å². The molecule has 1 amide bonds. The third kappa shape index (κ3) is 5.68. The van der Waals surface area contributed by atoms with Crippen molar-refractivity contribution < 1.29 is 14.1 Å². The van der Waals surface area contributed by atoms with Gasteiger partial charge in [0.1, 0.15) is 18.1 Å². The van der Waals surface area contributed by atoms with E-state index >= 15 is 0 Å². The van der Waals surface area contributed by atoms with Gasteiger partial charge in [-0.15, -0.1) is 11.3 Å². The smallest absolute Gasteiger partial charge is 0.224 e. The molecule has 0 aliphatic heterocycles. The largest absolute Gasteiger partial charge is 0.489 e. The van der Waals surface area contributed by atoms with Crippen LogP contribution < -0.4 is 10.1 Å². The molecular weight excluding hydrogens is 386 g/mol. The third-order valence-electron chi connectivity index (χ3n) is 4.84. The lowest BCUT2D eigenvalue weighted by molar-refractivity contribution is -0.120. The Balaban J connectivity index is 1.49. The Morgan fingerprint density at radius 3 is 2.59 bits per heavy atom. The first-order valence-corrected chi connectivity index (χ1v) is 10.4. The van der Waals surface area contributed by atoms with E-state index in [-0.39, 0.29) is 11.9 Å². The maximum absolute atomic E-state index is 12.4. The van der Waals surface area contributed by atoms with E-state index in [1.807, 2.05) is 58.3 Å². The van der Waals surface area contributed by atoms with E-state index in [1.54, 1.807) is 11.3 Å². The second kappa shape index (κ2) is 9.71. The van der Waals surface area contributed by atoms with Gasteiger partial charge < -0.3 is 19.5 Å². The number of hydrogen-bond acceptors (Lipinski definition) is 6. The second-order valence-electron chi connectivity index (χ2n) is 7.21. The van der Waals surface area contributed by atoms with E-state index in [0.717, 1.165) is 28.3 Å². The maximum atomic E-state index is 12.4. The highest BCUT2D eigenvalue weighted by Gasteiger charge is 2.16. The molecule has 6 nitrogen and oxygen atoms in total. The number of nitrogens with zero attached hydrogens (tertiary/aromatic N) is 2. The molecule has 0 fully saturated rings. The summed E-state index contributed by atoms with van der Waals surface area (Å²) < 4.78 is 11.0. The van der Waals surface area contributed by atoms with Gasteiger partial charge in [-0.3, -0.25) is 4.79 Å². The predicted molar refractivity (Wildman–Crippen MR) is 114 cm³/mol. The van der Waals surface area contributed by atoms with Crippen LogP contribution in [0.15, 0.2) is 46.3 Å². The minimum absolute atomic E-state index is 0.0118. The topological polar surface area (TPSA) is 67.6 Å². The number of hydrogen-bond donors (Lipinski definition) is 1. The van der Waals surface area contributed by atoms with Crippen LogP contribution in [0.25, 0.3) is 0 Å². The van der Waals surface area contributed by atoms with Crippen molar-refractivity contribution in [2.75, 3.05) is 20.6 Å². The molecule has 0 spiro atoms. The molecule has 154 valence electrons. The van der Waals surface area contributed by atoms with Crippen LogP contribution in [0.1, 0.15) is 33.5 Å². The van der Waals surface area contributed by atoms with E-state index in [2.05, 4.69) is 26.8 Å². The summed E-state index contributed by atoms with van der Waals surface area (Å²) in [6, 6.07) is 11.9. The van der Waals surface area contributed by atoms with Crippen LogP contribution >= 0.6 is 11.3 Å². The zero-order valence-corrected chi connectivity index (χ0v) is 18.1. The van der Waals surface area contributed by atoms with E-state index in [4.69, 9.17) is 9.26 Å². The number of ether oxygens (including phenoxy) is 1. The van der Waals surface area contributed by atoms with Crippen molar-refractivity contribution in [2.24, 2.45) is 0 Å². The van der Waals surface area contributed by atoms with Gasteiger partial charge in [0.15, 0.2) is 0 Å². The Labute approximate surface area is 175 Å². The summed E-state index contributed by atoms with van der Waals surface area (Å²) in [7, 11) is 4.05. The number of benzene rings is 1. The van der Waals surface area contributed by atoms with Crippen LogP contribution in [0.2, 0.25) is 0 Å². The molecule has 0 aliphatic carbocycles. The van der Waals surface area contributed by atoms with Gasteiger partial charge in [0, 0.05) is 11.4 Å². The Kier molecular flexibility index (Phi) is 7.06. The van der Waals surface area contributed by atoms with E-state index < -0.39 is 0 Å². The van der Waals surface area contributed by atoms with Crippen LogP contribution in [-0.2, 0) is 17.8 Å². The van der Waals surface area contributed by atoms with Gasteiger partial charge in [0.25, 0.3) is 0 Å². The molecule has 3 rings (SSSR count). The molecule has 2 aromatic heterocycles. The third-order valence-corrected chi connectivity index (χ3v) is 5.81. The van der Waals surface area contributed by atoms with Gasteiger partial charge in [-0.05, 0) is 57.1 Å². The number of amides is 1. The number of rotatable bonds is 9. The van der Waals surface area contributed by atoms with Crippen molar-refractivity contribution in [1.29, 1.82) is 0 Å². The van der Waals surface area contributed by atoms with Gasteiger partial charge in [0.2, 0.25) is 5.91 Å². The number of likely N-dealkylation sites (N-methyl/N-ethyl adjacent to an activating group) is 1. The van der Waals surface area contributed by atoms with E-state index in [9.17, 15) is 4.79 Å². The Morgan fingerprint density at radius 1 is 1.24 bits per heavy atom. The normalized spacial score (nSPS) is 12.2. The minimum Gasteiger partial charge on any atom is -0.489 e. The SMILES string of the molecule is Cc1noc(C)c1COc1ccc(CC(=O)NC[C@H](c2cccs2)N(C)C)cc1. The fourth-order valence-electron chi connectivity index (χ4n) is 3.04. The average Bonchev–Trinajstić information content (AvgIpc) is 3.32. The lowest BCUT2D eigenvalue weighted by Gasteiger charge is -2.23. The molecule has 0 saturated carbocycles. The van der Waals surface area contributed by atoms with Crippen LogP contribution in [0.4, 0.5) is 0 Å². The minimum atomic E-state index is 0.0118. The van der Waals surface area contributed by atoms with Gasteiger partial charge >= 0.3 is 0 Å².